The zero-order valence-electron chi connectivity index (χ0n) is 7.45. The van der Waals surface area contributed by atoms with E-state index in [9.17, 15) is 18.0 Å². The van der Waals surface area contributed by atoms with Gasteiger partial charge in [0.2, 0.25) is 6.41 Å². The maximum absolute atomic E-state index is 12.2. The molecule has 0 spiro atoms. The van der Waals surface area contributed by atoms with Crippen LogP contribution in [0.5, 0.6) is 0 Å². The van der Waals surface area contributed by atoms with Gasteiger partial charge in [-0.3, -0.25) is 10.6 Å². The average Bonchev–Trinajstić information content (AvgIpc) is 2.19. The zero-order chi connectivity index (χ0) is 11.5. The lowest BCUT2D eigenvalue weighted by Crippen LogP contribution is -2.42. The molecule has 0 atom stereocenters. The minimum atomic E-state index is -4.39. The van der Waals surface area contributed by atoms with Crippen LogP contribution in [0.25, 0.3) is 0 Å². The van der Waals surface area contributed by atoms with Crippen molar-refractivity contribution < 1.29 is 18.0 Å². The number of carbonyl (C=O) groups excluding carboxylic acids is 1. The molecule has 0 saturated carbocycles. The Bertz CT molecular complexity index is 336. The Kier molecular flexibility index (Phi) is 3.28. The Morgan fingerprint density at radius 2 is 1.80 bits per heavy atom. The van der Waals surface area contributed by atoms with Crippen LogP contribution in [0.2, 0.25) is 0 Å². The van der Waals surface area contributed by atoms with Gasteiger partial charge < -0.3 is 0 Å². The van der Waals surface area contributed by atoms with Crippen LogP contribution in [0, 0.1) is 0 Å². The molecule has 0 unspecified atom stereocenters. The van der Waals surface area contributed by atoms with E-state index < -0.39 is 11.7 Å². The third-order valence-electron chi connectivity index (χ3n) is 1.72. The van der Waals surface area contributed by atoms with Crippen molar-refractivity contribution >= 4 is 12.1 Å². The van der Waals surface area contributed by atoms with Crippen LogP contribution < -0.4 is 16.4 Å². The molecule has 0 aliphatic heterocycles. The molecular formula is C8H8F3N3O. The van der Waals surface area contributed by atoms with Crippen LogP contribution in [0.4, 0.5) is 18.9 Å². The summed E-state index contributed by atoms with van der Waals surface area (Å²) in [5, 5.41) is 0.847. The Morgan fingerprint density at radius 3 is 2.13 bits per heavy atom. The number of rotatable bonds is 3. The maximum atomic E-state index is 12.2. The van der Waals surface area contributed by atoms with Gasteiger partial charge in [0.05, 0.1) is 11.3 Å². The summed E-state index contributed by atoms with van der Waals surface area (Å²) in [5.41, 5.74) is 1.45. The number of nitrogens with zero attached hydrogens (tertiary/aromatic N) is 1. The number of hydrogen-bond donors (Lipinski definition) is 2. The summed E-state index contributed by atoms with van der Waals surface area (Å²) in [7, 11) is 0. The second-order valence-electron chi connectivity index (χ2n) is 2.65. The average molecular weight is 219 g/mol. The highest BCUT2D eigenvalue weighted by Gasteiger charge is 2.30. The van der Waals surface area contributed by atoms with E-state index >= 15 is 0 Å². The molecule has 0 heterocycles. The number of nitrogens with one attached hydrogen (secondary N) is 1. The van der Waals surface area contributed by atoms with Gasteiger partial charge in [0.1, 0.15) is 0 Å². The van der Waals surface area contributed by atoms with E-state index in [1.165, 1.54) is 0 Å². The lowest BCUT2D eigenvalue weighted by molar-refractivity contribution is -0.137. The van der Waals surface area contributed by atoms with E-state index in [0.29, 0.717) is 6.41 Å². The molecular weight excluding hydrogens is 211 g/mol. The Morgan fingerprint density at radius 1 is 1.27 bits per heavy atom. The number of amides is 1. The minimum absolute atomic E-state index is 0.223. The fourth-order valence-electron chi connectivity index (χ4n) is 0.977. The van der Waals surface area contributed by atoms with Crippen molar-refractivity contribution in [2.45, 2.75) is 6.18 Å². The summed E-state index contributed by atoms with van der Waals surface area (Å²) in [6.45, 7) is 0. The monoisotopic (exact) mass is 219 g/mol. The molecule has 1 amide bonds. The lowest BCUT2D eigenvalue weighted by atomic mass is 10.2. The molecule has 0 aromatic heterocycles. The smallest absolute Gasteiger partial charge is 0.277 e. The van der Waals surface area contributed by atoms with Gasteiger partial charge >= 0.3 is 6.18 Å². The lowest BCUT2D eigenvalue weighted by Gasteiger charge is -2.15. The van der Waals surface area contributed by atoms with Gasteiger partial charge in [-0.25, -0.2) is 5.01 Å². The number of benzene rings is 1. The molecule has 0 saturated heterocycles. The Labute approximate surface area is 83.4 Å². The molecule has 0 aliphatic carbocycles. The molecule has 0 aliphatic rings. The van der Waals surface area contributed by atoms with Gasteiger partial charge in [0.25, 0.3) is 0 Å². The van der Waals surface area contributed by atoms with Crippen molar-refractivity contribution in [3.8, 4) is 0 Å². The SMILES string of the molecule is NNN(C=O)c1ccc(C(F)(F)F)cc1. The summed E-state index contributed by atoms with van der Waals surface area (Å²) in [6, 6.07) is 4.00. The highest BCUT2D eigenvalue weighted by Crippen LogP contribution is 2.30. The number of hydrogen-bond acceptors (Lipinski definition) is 3. The van der Waals surface area contributed by atoms with Gasteiger partial charge in [0, 0.05) is 0 Å². The van der Waals surface area contributed by atoms with E-state index in [-0.39, 0.29) is 5.69 Å². The van der Waals surface area contributed by atoms with E-state index in [2.05, 4.69) is 0 Å². The fourth-order valence-corrected chi connectivity index (χ4v) is 0.977. The third kappa shape index (κ3) is 2.67. The first-order valence-corrected chi connectivity index (χ1v) is 3.87. The van der Waals surface area contributed by atoms with Crippen LogP contribution >= 0.6 is 0 Å². The molecule has 4 nitrogen and oxygen atoms in total. The third-order valence-corrected chi connectivity index (χ3v) is 1.72. The summed E-state index contributed by atoms with van der Waals surface area (Å²) < 4.78 is 36.5. The molecule has 0 radical (unpaired) electrons. The molecule has 0 fully saturated rings. The molecule has 0 bridgehead atoms. The summed E-state index contributed by atoms with van der Waals surface area (Å²) in [6.07, 6.45) is -4.04. The first kappa shape index (κ1) is 11.5. The molecule has 1 aromatic carbocycles. The second-order valence-corrected chi connectivity index (χ2v) is 2.65. The van der Waals surface area contributed by atoms with Crippen molar-refractivity contribution in [3.63, 3.8) is 0 Å². The quantitative estimate of drug-likeness (QED) is 0.453. The van der Waals surface area contributed by atoms with Crippen molar-refractivity contribution in [1.29, 1.82) is 0 Å². The van der Waals surface area contributed by atoms with E-state index in [4.69, 9.17) is 5.84 Å². The topological polar surface area (TPSA) is 58.4 Å². The standard InChI is InChI=1S/C8H8F3N3O/c9-8(10,11)6-1-3-7(4-2-6)14(5-15)13-12/h1-5,13H,12H2. The largest absolute Gasteiger partial charge is 0.416 e. The van der Waals surface area contributed by atoms with E-state index in [1.807, 2.05) is 5.53 Å². The fraction of sp³-hybridized carbons (Fsp3) is 0.125. The minimum Gasteiger partial charge on any atom is -0.277 e. The number of nitrogens with two attached hydrogens (primary N) is 1. The Hall–Kier alpha value is -1.60. The summed E-state index contributed by atoms with van der Waals surface area (Å²) in [4.78, 5) is 10.4. The van der Waals surface area contributed by atoms with Crippen molar-refractivity contribution in [2.24, 2.45) is 5.84 Å². The number of hydrazine groups is 2. The van der Waals surface area contributed by atoms with Gasteiger partial charge in [-0.2, -0.15) is 18.7 Å². The van der Waals surface area contributed by atoms with Crippen molar-refractivity contribution in [1.82, 2.24) is 5.53 Å². The molecule has 1 aromatic rings. The molecule has 82 valence electrons. The first-order valence-electron chi connectivity index (χ1n) is 3.87. The number of anilines is 1. The van der Waals surface area contributed by atoms with E-state index in [0.717, 1.165) is 29.3 Å². The van der Waals surface area contributed by atoms with Gasteiger partial charge in [-0.15, -0.1) is 0 Å². The van der Waals surface area contributed by atoms with Crippen LogP contribution in [0.3, 0.4) is 0 Å². The number of halogens is 3. The first-order chi connectivity index (χ1) is 6.99. The van der Waals surface area contributed by atoms with Crippen molar-refractivity contribution in [3.05, 3.63) is 29.8 Å². The highest BCUT2D eigenvalue weighted by molar-refractivity contribution is 5.73. The number of carbonyl (C=O) groups is 1. The van der Waals surface area contributed by atoms with E-state index in [1.54, 1.807) is 0 Å². The zero-order valence-corrected chi connectivity index (χ0v) is 7.45. The van der Waals surface area contributed by atoms with Crippen LogP contribution in [-0.2, 0) is 11.0 Å². The maximum Gasteiger partial charge on any atom is 0.416 e. The molecule has 15 heavy (non-hydrogen) atoms. The van der Waals surface area contributed by atoms with Crippen LogP contribution in [0.1, 0.15) is 5.56 Å². The predicted octanol–water partition coefficient (Wildman–Crippen LogP) is 1.05. The van der Waals surface area contributed by atoms with Gasteiger partial charge in [-0.1, -0.05) is 0 Å². The predicted molar refractivity (Wildman–Crippen MR) is 47.3 cm³/mol. The van der Waals surface area contributed by atoms with Crippen LogP contribution in [-0.4, -0.2) is 6.41 Å². The summed E-state index contributed by atoms with van der Waals surface area (Å²) in [5.74, 6) is 4.96. The Balaban J connectivity index is 2.94. The second kappa shape index (κ2) is 4.28. The van der Waals surface area contributed by atoms with Gasteiger partial charge in [-0.05, 0) is 24.3 Å². The van der Waals surface area contributed by atoms with Crippen molar-refractivity contribution in [2.75, 3.05) is 5.01 Å². The summed E-state index contributed by atoms with van der Waals surface area (Å²) >= 11 is 0. The molecule has 1 rings (SSSR count). The van der Waals surface area contributed by atoms with Crippen LogP contribution in [0.15, 0.2) is 24.3 Å². The highest BCUT2D eigenvalue weighted by atomic mass is 19.4. The molecule has 7 heteroatoms. The molecule has 3 N–H and O–H groups in total. The van der Waals surface area contributed by atoms with Gasteiger partial charge in [0.15, 0.2) is 0 Å². The number of alkyl halides is 3. The normalized spacial score (nSPS) is 11.2.